The summed E-state index contributed by atoms with van der Waals surface area (Å²) in [5, 5.41) is 12.9. The molecule has 2 rings (SSSR count). The maximum Gasteiger partial charge on any atom is 0.172 e. The molecule has 0 atom stereocenters. The molecule has 0 saturated heterocycles. The zero-order valence-electron chi connectivity index (χ0n) is 10.9. The topological polar surface area (TPSA) is 84.4 Å². The van der Waals surface area contributed by atoms with Crippen molar-refractivity contribution in [2.75, 3.05) is 5.75 Å². The minimum Gasteiger partial charge on any atom is -0.409 e. The van der Waals surface area contributed by atoms with Gasteiger partial charge in [0.2, 0.25) is 0 Å². The molecule has 0 fully saturated rings. The van der Waals surface area contributed by atoms with Crippen molar-refractivity contribution in [3.63, 3.8) is 0 Å². The lowest BCUT2D eigenvalue weighted by molar-refractivity contribution is 0.318. The van der Waals surface area contributed by atoms with E-state index in [0.29, 0.717) is 0 Å². The molecule has 0 aliphatic heterocycles. The van der Waals surface area contributed by atoms with Crippen molar-refractivity contribution >= 4 is 29.4 Å². The Balaban J connectivity index is 2.44. The normalized spacial score (nSPS) is 11.6. The molecule has 1 aromatic carbocycles. The minimum absolute atomic E-state index is 0.109. The summed E-state index contributed by atoms with van der Waals surface area (Å²) in [4.78, 5) is 9.96. The van der Waals surface area contributed by atoms with Gasteiger partial charge in [-0.2, -0.15) is 0 Å². The maximum absolute atomic E-state index is 8.99. The third kappa shape index (κ3) is 3.43. The van der Waals surface area contributed by atoms with Crippen LogP contribution in [0.25, 0.3) is 0 Å². The van der Waals surface area contributed by atoms with Crippen LogP contribution in [0.4, 0.5) is 0 Å². The van der Waals surface area contributed by atoms with Crippen LogP contribution in [0.1, 0.15) is 12.5 Å². The van der Waals surface area contributed by atoms with E-state index in [9.17, 15) is 0 Å². The SMILES string of the molecule is CCSc1cccc(Sc2ccncn2)c1/C(N)=N/O. The molecule has 0 radical (unpaired) electrons. The highest BCUT2D eigenvalue weighted by atomic mass is 32.2. The third-order valence-corrected chi connectivity index (χ3v) is 4.37. The van der Waals surface area contributed by atoms with Crippen LogP contribution in [0, 0.1) is 0 Å². The van der Waals surface area contributed by atoms with Gasteiger partial charge in [0.15, 0.2) is 5.84 Å². The van der Waals surface area contributed by atoms with E-state index in [2.05, 4.69) is 22.0 Å². The van der Waals surface area contributed by atoms with Crippen molar-refractivity contribution in [3.8, 4) is 0 Å². The first-order valence-electron chi connectivity index (χ1n) is 5.93. The first-order valence-corrected chi connectivity index (χ1v) is 7.74. The van der Waals surface area contributed by atoms with Gasteiger partial charge in [-0.05, 0) is 24.0 Å². The lowest BCUT2D eigenvalue weighted by Crippen LogP contribution is -2.15. The number of hydrogen-bond donors (Lipinski definition) is 2. The van der Waals surface area contributed by atoms with Crippen LogP contribution in [0.3, 0.4) is 0 Å². The van der Waals surface area contributed by atoms with Gasteiger partial charge in [0.05, 0.1) is 0 Å². The van der Waals surface area contributed by atoms with Gasteiger partial charge in [-0.1, -0.05) is 29.9 Å². The van der Waals surface area contributed by atoms with E-state index in [4.69, 9.17) is 10.9 Å². The van der Waals surface area contributed by atoms with Crippen LogP contribution in [-0.2, 0) is 0 Å². The smallest absolute Gasteiger partial charge is 0.172 e. The van der Waals surface area contributed by atoms with Gasteiger partial charge in [-0.3, -0.25) is 0 Å². The highest BCUT2D eigenvalue weighted by Gasteiger charge is 2.14. The fourth-order valence-electron chi connectivity index (χ4n) is 1.63. The second-order valence-electron chi connectivity index (χ2n) is 3.70. The van der Waals surface area contributed by atoms with Gasteiger partial charge in [-0.25, -0.2) is 9.97 Å². The molecule has 3 N–H and O–H groups in total. The summed E-state index contributed by atoms with van der Waals surface area (Å²) in [5.41, 5.74) is 6.56. The van der Waals surface area contributed by atoms with Crippen LogP contribution in [-0.4, -0.2) is 26.8 Å². The van der Waals surface area contributed by atoms with Crippen LogP contribution < -0.4 is 5.73 Å². The number of amidine groups is 1. The van der Waals surface area contributed by atoms with E-state index < -0.39 is 0 Å². The lowest BCUT2D eigenvalue weighted by Gasteiger charge is -2.12. The van der Waals surface area contributed by atoms with E-state index in [-0.39, 0.29) is 5.84 Å². The lowest BCUT2D eigenvalue weighted by atomic mass is 10.2. The molecular weight excluding hydrogens is 292 g/mol. The van der Waals surface area contributed by atoms with Gasteiger partial charge in [-0.15, -0.1) is 11.8 Å². The molecule has 0 aliphatic carbocycles. The predicted octanol–water partition coefficient (Wildman–Crippen LogP) is 2.83. The molecule has 0 amide bonds. The summed E-state index contributed by atoms with van der Waals surface area (Å²) in [6.45, 7) is 2.06. The molecular formula is C13H14N4OS2. The molecule has 0 spiro atoms. The van der Waals surface area contributed by atoms with Gasteiger partial charge in [0.1, 0.15) is 11.4 Å². The third-order valence-electron chi connectivity index (χ3n) is 2.42. The van der Waals surface area contributed by atoms with Crippen molar-refractivity contribution < 1.29 is 5.21 Å². The van der Waals surface area contributed by atoms with Crippen LogP contribution in [0.15, 0.2) is 56.8 Å². The average Bonchev–Trinajstić information content (AvgIpc) is 2.48. The quantitative estimate of drug-likeness (QED) is 0.221. The Labute approximate surface area is 125 Å². The summed E-state index contributed by atoms with van der Waals surface area (Å²) >= 11 is 3.11. The van der Waals surface area contributed by atoms with Crippen molar-refractivity contribution in [2.45, 2.75) is 21.7 Å². The number of nitrogens with zero attached hydrogens (tertiary/aromatic N) is 3. The second kappa shape index (κ2) is 7.16. The Hall–Kier alpha value is -1.73. The fourth-order valence-corrected chi connectivity index (χ4v) is 3.45. The van der Waals surface area contributed by atoms with Gasteiger partial charge in [0, 0.05) is 21.6 Å². The van der Waals surface area contributed by atoms with Crippen molar-refractivity contribution in [1.29, 1.82) is 0 Å². The van der Waals surface area contributed by atoms with Gasteiger partial charge < -0.3 is 10.9 Å². The molecule has 7 heteroatoms. The van der Waals surface area contributed by atoms with E-state index in [1.54, 1.807) is 18.0 Å². The predicted molar refractivity (Wildman–Crippen MR) is 81.5 cm³/mol. The second-order valence-corrected chi connectivity index (χ2v) is 6.07. The zero-order chi connectivity index (χ0) is 14.4. The first kappa shape index (κ1) is 14.7. The Morgan fingerprint density at radius 2 is 2.15 bits per heavy atom. The van der Waals surface area contributed by atoms with E-state index in [1.165, 1.54) is 18.1 Å². The van der Waals surface area contributed by atoms with Crippen molar-refractivity contribution in [3.05, 3.63) is 42.4 Å². The monoisotopic (exact) mass is 306 g/mol. The minimum atomic E-state index is 0.109. The Morgan fingerprint density at radius 1 is 1.35 bits per heavy atom. The average molecular weight is 306 g/mol. The highest BCUT2D eigenvalue weighted by molar-refractivity contribution is 8.00. The van der Waals surface area contributed by atoms with E-state index in [1.807, 2.05) is 24.3 Å². The van der Waals surface area contributed by atoms with Gasteiger partial charge in [0.25, 0.3) is 0 Å². The molecule has 5 nitrogen and oxygen atoms in total. The first-order chi connectivity index (χ1) is 9.76. The van der Waals surface area contributed by atoms with Gasteiger partial charge >= 0.3 is 0 Å². The summed E-state index contributed by atoms with van der Waals surface area (Å²) in [5.74, 6) is 1.02. The Bertz CT molecular complexity index is 605. The Morgan fingerprint density at radius 3 is 2.80 bits per heavy atom. The molecule has 0 unspecified atom stereocenters. The van der Waals surface area contributed by atoms with Crippen LogP contribution in [0.5, 0.6) is 0 Å². The molecule has 1 aromatic heterocycles. The largest absolute Gasteiger partial charge is 0.409 e. The number of aromatic nitrogens is 2. The maximum atomic E-state index is 8.99. The molecule has 2 aromatic rings. The number of rotatable bonds is 5. The molecule has 104 valence electrons. The zero-order valence-corrected chi connectivity index (χ0v) is 12.5. The standard InChI is InChI=1S/C13H14N4OS2/c1-2-19-9-4-3-5-10(12(9)13(14)17-18)20-11-6-7-15-8-16-11/h3-8,18H,2H2,1H3,(H2,14,17). The number of nitrogens with two attached hydrogens (primary N) is 1. The summed E-state index contributed by atoms with van der Waals surface area (Å²) in [6, 6.07) is 7.67. The number of thioether (sulfide) groups is 1. The van der Waals surface area contributed by atoms with Crippen LogP contribution in [0.2, 0.25) is 0 Å². The molecule has 1 heterocycles. The highest BCUT2D eigenvalue weighted by Crippen LogP contribution is 2.34. The Kier molecular flexibility index (Phi) is 5.25. The molecule has 0 bridgehead atoms. The van der Waals surface area contributed by atoms with Crippen molar-refractivity contribution in [1.82, 2.24) is 9.97 Å². The van der Waals surface area contributed by atoms with Crippen molar-refractivity contribution in [2.24, 2.45) is 10.9 Å². The fraction of sp³-hybridized carbons (Fsp3) is 0.154. The summed E-state index contributed by atoms with van der Waals surface area (Å²) in [7, 11) is 0. The molecule has 0 saturated carbocycles. The molecule has 0 aliphatic rings. The van der Waals surface area contributed by atoms with E-state index in [0.717, 1.165) is 26.1 Å². The summed E-state index contributed by atoms with van der Waals surface area (Å²) in [6.07, 6.45) is 3.18. The molecule has 20 heavy (non-hydrogen) atoms. The van der Waals surface area contributed by atoms with E-state index >= 15 is 0 Å². The van der Waals surface area contributed by atoms with Crippen LogP contribution >= 0.6 is 23.5 Å². The number of hydrogen-bond acceptors (Lipinski definition) is 6. The summed E-state index contributed by atoms with van der Waals surface area (Å²) < 4.78 is 0. The number of benzene rings is 1. The number of oxime groups is 1.